The second-order valence-corrected chi connectivity index (χ2v) is 6.07. The van der Waals surface area contributed by atoms with E-state index in [9.17, 15) is 0 Å². The molecule has 1 aromatic heterocycles. The van der Waals surface area contributed by atoms with Gasteiger partial charge in [-0.15, -0.1) is 12.4 Å². The second-order valence-electron chi connectivity index (χ2n) is 6.07. The Balaban J connectivity index is 0.00000192. The third-order valence-corrected chi connectivity index (χ3v) is 4.42. The molecule has 0 amide bonds. The maximum Gasteiger partial charge on any atom is 0.0971 e. The highest BCUT2D eigenvalue weighted by Gasteiger charge is 2.19. The first-order valence-corrected chi connectivity index (χ1v) is 8.19. The van der Waals surface area contributed by atoms with Crippen LogP contribution in [-0.2, 0) is 6.54 Å². The minimum absolute atomic E-state index is 0. The third-order valence-electron chi connectivity index (χ3n) is 4.42. The summed E-state index contributed by atoms with van der Waals surface area (Å²) < 4.78 is 0. The van der Waals surface area contributed by atoms with Crippen LogP contribution in [0.2, 0.25) is 0 Å². The minimum atomic E-state index is 0. The van der Waals surface area contributed by atoms with E-state index in [1.54, 1.807) is 4.80 Å². The van der Waals surface area contributed by atoms with E-state index in [4.69, 9.17) is 0 Å². The van der Waals surface area contributed by atoms with E-state index in [-0.39, 0.29) is 12.4 Å². The van der Waals surface area contributed by atoms with Crippen molar-refractivity contribution in [3.8, 4) is 5.69 Å². The molecule has 0 radical (unpaired) electrons. The quantitative estimate of drug-likeness (QED) is 0.881. The summed E-state index contributed by atoms with van der Waals surface area (Å²) in [4.78, 5) is 4.21. The van der Waals surface area contributed by atoms with Crippen molar-refractivity contribution < 1.29 is 0 Å². The predicted octanol–water partition coefficient (Wildman–Crippen LogP) is 2.51. The lowest BCUT2D eigenvalue weighted by Crippen LogP contribution is -2.34. The van der Waals surface area contributed by atoms with E-state index < -0.39 is 0 Å². The van der Waals surface area contributed by atoms with E-state index in [1.807, 2.05) is 43.6 Å². The Hall–Kier alpha value is -1.43. The van der Waals surface area contributed by atoms with Crippen molar-refractivity contribution in [3.63, 3.8) is 0 Å². The lowest BCUT2D eigenvalue weighted by atomic mass is 9.93. The van der Waals surface area contributed by atoms with Gasteiger partial charge in [0.05, 0.1) is 17.6 Å². The zero-order chi connectivity index (χ0) is 15.2. The van der Waals surface area contributed by atoms with Crippen molar-refractivity contribution in [3.05, 3.63) is 42.2 Å². The van der Waals surface area contributed by atoms with Crippen molar-refractivity contribution in [2.75, 3.05) is 26.7 Å². The van der Waals surface area contributed by atoms with Crippen LogP contribution in [-0.4, -0.2) is 46.6 Å². The molecule has 1 N–H and O–H groups in total. The van der Waals surface area contributed by atoms with Gasteiger partial charge in [0.2, 0.25) is 0 Å². The van der Waals surface area contributed by atoms with Gasteiger partial charge >= 0.3 is 0 Å². The van der Waals surface area contributed by atoms with Crippen LogP contribution in [0.1, 0.15) is 25.0 Å². The predicted molar refractivity (Wildman–Crippen MR) is 95.2 cm³/mol. The molecule has 0 unspecified atom stereocenters. The molecule has 2 aromatic rings. The van der Waals surface area contributed by atoms with Gasteiger partial charge in [-0.2, -0.15) is 15.0 Å². The Morgan fingerprint density at radius 1 is 1.17 bits per heavy atom. The van der Waals surface area contributed by atoms with Crippen LogP contribution in [0.15, 0.2) is 36.5 Å². The van der Waals surface area contributed by atoms with E-state index in [0.29, 0.717) is 0 Å². The average molecular weight is 336 g/mol. The number of hydrogen-bond acceptors (Lipinski definition) is 4. The topological polar surface area (TPSA) is 46.0 Å². The number of para-hydroxylation sites is 1. The lowest BCUT2D eigenvalue weighted by Gasteiger charge is -2.31. The largest absolute Gasteiger partial charge is 0.320 e. The number of halogens is 1. The highest BCUT2D eigenvalue weighted by molar-refractivity contribution is 5.85. The highest BCUT2D eigenvalue weighted by atomic mass is 35.5. The number of piperidine rings is 1. The maximum absolute atomic E-state index is 4.60. The zero-order valence-electron chi connectivity index (χ0n) is 13.7. The molecule has 0 saturated carbocycles. The summed E-state index contributed by atoms with van der Waals surface area (Å²) in [6.07, 6.45) is 5.79. The lowest BCUT2D eigenvalue weighted by molar-refractivity contribution is 0.170. The van der Waals surface area contributed by atoms with Crippen LogP contribution in [0, 0.1) is 5.92 Å². The van der Waals surface area contributed by atoms with Crippen molar-refractivity contribution in [2.24, 2.45) is 5.92 Å². The molecular weight excluding hydrogens is 310 g/mol. The normalized spacial score (nSPS) is 16.2. The molecular formula is C17H26ClN5. The Bertz CT molecular complexity index is 563. The van der Waals surface area contributed by atoms with E-state index in [2.05, 4.69) is 20.4 Å². The Kier molecular flexibility index (Phi) is 7.02. The molecule has 1 saturated heterocycles. The monoisotopic (exact) mass is 335 g/mol. The number of rotatable bonds is 6. The van der Waals surface area contributed by atoms with Crippen LogP contribution < -0.4 is 5.32 Å². The van der Waals surface area contributed by atoms with Crippen molar-refractivity contribution in [2.45, 2.75) is 25.8 Å². The Morgan fingerprint density at radius 3 is 2.61 bits per heavy atom. The van der Waals surface area contributed by atoms with Gasteiger partial charge in [-0.25, -0.2) is 0 Å². The molecule has 0 bridgehead atoms. The summed E-state index contributed by atoms with van der Waals surface area (Å²) in [5.41, 5.74) is 2.07. The molecule has 1 aromatic carbocycles. The molecule has 126 valence electrons. The number of likely N-dealkylation sites (tertiary alicyclic amines) is 1. The summed E-state index contributed by atoms with van der Waals surface area (Å²) in [6, 6.07) is 10.1. The summed E-state index contributed by atoms with van der Waals surface area (Å²) in [7, 11) is 2.03. The van der Waals surface area contributed by atoms with Crippen LogP contribution in [0.3, 0.4) is 0 Å². The maximum atomic E-state index is 4.60. The Labute approximate surface area is 144 Å². The van der Waals surface area contributed by atoms with Crippen LogP contribution in [0.25, 0.3) is 5.69 Å². The van der Waals surface area contributed by atoms with Gasteiger partial charge in [-0.05, 0) is 64.0 Å². The molecule has 3 rings (SSSR count). The van der Waals surface area contributed by atoms with Gasteiger partial charge in [0.15, 0.2) is 0 Å². The summed E-state index contributed by atoms with van der Waals surface area (Å²) >= 11 is 0. The number of benzene rings is 1. The van der Waals surface area contributed by atoms with E-state index >= 15 is 0 Å². The zero-order valence-corrected chi connectivity index (χ0v) is 14.5. The SMILES string of the molecule is CNCCC1CCN(Cc2cnn(-c3ccccc3)n2)CC1.Cl. The van der Waals surface area contributed by atoms with Gasteiger partial charge < -0.3 is 5.32 Å². The summed E-state index contributed by atoms with van der Waals surface area (Å²) in [5, 5.41) is 12.2. The van der Waals surface area contributed by atoms with E-state index in [0.717, 1.165) is 30.4 Å². The first-order valence-electron chi connectivity index (χ1n) is 8.19. The minimum Gasteiger partial charge on any atom is -0.320 e. The standard InChI is InChI=1S/C17H25N5.ClH/c1-18-10-7-15-8-11-21(12-9-15)14-16-13-19-22(20-16)17-5-3-2-4-6-17;/h2-6,13,15,18H,7-12,14H2,1H3;1H. The summed E-state index contributed by atoms with van der Waals surface area (Å²) in [5.74, 6) is 0.878. The fraction of sp³-hybridized carbons (Fsp3) is 0.529. The molecule has 5 nitrogen and oxygen atoms in total. The Morgan fingerprint density at radius 2 is 1.91 bits per heavy atom. The van der Waals surface area contributed by atoms with Crippen molar-refractivity contribution in [1.82, 2.24) is 25.2 Å². The molecule has 1 aliphatic rings. The average Bonchev–Trinajstić information content (AvgIpc) is 3.04. The first kappa shape index (κ1) is 17.9. The number of nitrogens with one attached hydrogen (secondary N) is 1. The fourth-order valence-corrected chi connectivity index (χ4v) is 3.06. The van der Waals surface area contributed by atoms with Crippen molar-refractivity contribution >= 4 is 12.4 Å². The molecule has 6 heteroatoms. The molecule has 0 atom stereocenters. The third kappa shape index (κ3) is 5.03. The van der Waals surface area contributed by atoms with Gasteiger partial charge in [-0.3, -0.25) is 4.90 Å². The second kappa shape index (κ2) is 9.01. The van der Waals surface area contributed by atoms with Crippen molar-refractivity contribution in [1.29, 1.82) is 0 Å². The van der Waals surface area contributed by atoms with Crippen LogP contribution in [0.4, 0.5) is 0 Å². The van der Waals surface area contributed by atoms with Gasteiger partial charge in [0.25, 0.3) is 0 Å². The van der Waals surface area contributed by atoms with E-state index in [1.165, 1.54) is 32.4 Å². The molecule has 23 heavy (non-hydrogen) atoms. The number of aromatic nitrogens is 3. The molecule has 1 aliphatic heterocycles. The molecule has 0 aliphatic carbocycles. The van der Waals surface area contributed by atoms with Gasteiger partial charge in [0, 0.05) is 6.54 Å². The summed E-state index contributed by atoms with van der Waals surface area (Å²) in [6.45, 7) is 4.39. The van der Waals surface area contributed by atoms with Gasteiger partial charge in [0.1, 0.15) is 0 Å². The molecule has 1 fully saturated rings. The smallest absolute Gasteiger partial charge is 0.0971 e. The van der Waals surface area contributed by atoms with Crippen LogP contribution >= 0.6 is 12.4 Å². The van der Waals surface area contributed by atoms with Crippen LogP contribution in [0.5, 0.6) is 0 Å². The molecule has 2 heterocycles. The van der Waals surface area contributed by atoms with Gasteiger partial charge in [-0.1, -0.05) is 18.2 Å². The highest BCUT2D eigenvalue weighted by Crippen LogP contribution is 2.21. The fourth-order valence-electron chi connectivity index (χ4n) is 3.06. The molecule has 0 spiro atoms. The number of nitrogens with zero attached hydrogens (tertiary/aromatic N) is 4. The first-order chi connectivity index (χ1) is 10.8. The number of hydrogen-bond donors (Lipinski definition) is 1.